The molecule has 0 radical (unpaired) electrons. The summed E-state index contributed by atoms with van der Waals surface area (Å²) in [6.45, 7) is 3.82. The number of rotatable bonds is 5. The second-order valence-corrected chi connectivity index (χ2v) is 9.41. The number of amides is 2. The fourth-order valence-electron chi connectivity index (χ4n) is 5.07. The van der Waals surface area contributed by atoms with Gasteiger partial charge < -0.3 is 15.1 Å². The molecule has 158 valence electrons. The van der Waals surface area contributed by atoms with Crippen molar-refractivity contribution >= 4 is 29.1 Å². The van der Waals surface area contributed by atoms with Gasteiger partial charge in [-0.25, -0.2) is 0 Å². The van der Waals surface area contributed by atoms with Crippen LogP contribution in [-0.4, -0.2) is 48.9 Å². The van der Waals surface area contributed by atoms with E-state index in [1.807, 2.05) is 12.1 Å². The van der Waals surface area contributed by atoms with Crippen LogP contribution in [0, 0.1) is 11.8 Å². The van der Waals surface area contributed by atoms with Gasteiger partial charge in [0, 0.05) is 49.4 Å². The summed E-state index contributed by atoms with van der Waals surface area (Å²) >= 11 is 5.94. The Morgan fingerprint density at radius 3 is 2.41 bits per heavy atom. The Kier molecular flexibility index (Phi) is 6.76. The van der Waals surface area contributed by atoms with Gasteiger partial charge in [-0.3, -0.25) is 9.59 Å². The van der Waals surface area contributed by atoms with Crippen molar-refractivity contribution in [1.29, 1.82) is 0 Å². The smallest absolute Gasteiger partial charge is 0.227 e. The molecule has 2 saturated heterocycles. The predicted octanol–water partition coefficient (Wildman–Crippen LogP) is 3.85. The third-order valence-electron chi connectivity index (χ3n) is 6.81. The number of likely N-dealkylation sites (tertiary alicyclic amines) is 1. The minimum Gasteiger partial charge on any atom is -0.353 e. The number of carbonyl (C=O) groups is 2. The van der Waals surface area contributed by atoms with E-state index in [2.05, 4.69) is 10.2 Å². The van der Waals surface area contributed by atoms with Crippen molar-refractivity contribution in [2.24, 2.45) is 11.8 Å². The highest BCUT2D eigenvalue weighted by Crippen LogP contribution is 2.28. The van der Waals surface area contributed by atoms with Crippen molar-refractivity contribution < 1.29 is 9.59 Å². The molecular formula is C23H32ClN3O2. The molecule has 2 heterocycles. The number of piperidine rings is 1. The normalized spacial score (nSPS) is 24.8. The average molecular weight is 418 g/mol. The van der Waals surface area contributed by atoms with Gasteiger partial charge in [0.25, 0.3) is 0 Å². The molecule has 3 aliphatic rings. The molecule has 0 bridgehead atoms. The van der Waals surface area contributed by atoms with Crippen molar-refractivity contribution in [1.82, 2.24) is 10.2 Å². The van der Waals surface area contributed by atoms with Crippen LogP contribution in [0.3, 0.4) is 0 Å². The molecule has 6 heteroatoms. The molecule has 1 aromatic carbocycles. The summed E-state index contributed by atoms with van der Waals surface area (Å²) in [5.74, 6) is 0.645. The van der Waals surface area contributed by atoms with Crippen molar-refractivity contribution in [2.45, 2.75) is 57.4 Å². The number of anilines is 1. The zero-order valence-corrected chi connectivity index (χ0v) is 17.9. The maximum atomic E-state index is 12.8. The fraction of sp³-hybridized carbons (Fsp3) is 0.652. The number of benzene rings is 1. The van der Waals surface area contributed by atoms with E-state index in [-0.39, 0.29) is 30.2 Å². The van der Waals surface area contributed by atoms with Crippen molar-refractivity contribution in [3.8, 4) is 0 Å². The van der Waals surface area contributed by atoms with Gasteiger partial charge in [-0.15, -0.1) is 0 Å². The zero-order chi connectivity index (χ0) is 20.2. The first kappa shape index (κ1) is 20.7. The van der Waals surface area contributed by atoms with Gasteiger partial charge >= 0.3 is 0 Å². The van der Waals surface area contributed by atoms with E-state index in [1.54, 1.807) is 17.0 Å². The number of nitrogens with zero attached hydrogens (tertiary/aromatic N) is 2. The lowest BCUT2D eigenvalue weighted by Crippen LogP contribution is -2.47. The van der Waals surface area contributed by atoms with Crippen LogP contribution in [0.15, 0.2) is 24.3 Å². The van der Waals surface area contributed by atoms with Crippen molar-refractivity contribution in [3.63, 3.8) is 0 Å². The van der Waals surface area contributed by atoms with Crippen molar-refractivity contribution in [3.05, 3.63) is 29.3 Å². The van der Waals surface area contributed by atoms with Crippen LogP contribution in [0.5, 0.6) is 0 Å². The van der Waals surface area contributed by atoms with Crippen LogP contribution in [0.25, 0.3) is 0 Å². The Morgan fingerprint density at radius 2 is 1.72 bits per heavy atom. The van der Waals surface area contributed by atoms with Gasteiger partial charge in [-0.05, 0) is 55.9 Å². The van der Waals surface area contributed by atoms with E-state index < -0.39 is 0 Å². The molecule has 0 aromatic heterocycles. The Bertz CT molecular complexity index is 709. The highest BCUT2D eigenvalue weighted by molar-refractivity contribution is 6.30. The highest BCUT2D eigenvalue weighted by Gasteiger charge is 2.36. The summed E-state index contributed by atoms with van der Waals surface area (Å²) in [7, 11) is 0. The molecule has 2 amide bonds. The topological polar surface area (TPSA) is 52.7 Å². The summed E-state index contributed by atoms with van der Waals surface area (Å²) in [6, 6.07) is 7.47. The number of hydrogen-bond acceptors (Lipinski definition) is 3. The SMILES string of the molecule is O=C(NC1CCN(CC2CCCCC2)CC1)C1CC(=O)N(c2ccc(Cl)cc2)C1. The Hall–Kier alpha value is -1.59. The van der Waals surface area contributed by atoms with Crippen LogP contribution < -0.4 is 10.2 Å². The van der Waals surface area contributed by atoms with E-state index in [1.165, 1.54) is 38.6 Å². The molecule has 3 fully saturated rings. The Morgan fingerprint density at radius 1 is 1.03 bits per heavy atom. The fourth-order valence-corrected chi connectivity index (χ4v) is 5.19. The molecule has 2 aliphatic heterocycles. The molecule has 1 aliphatic carbocycles. The average Bonchev–Trinajstić information content (AvgIpc) is 3.13. The number of carbonyl (C=O) groups excluding carboxylic acids is 2. The third-order valence-corrected chi connectivity index (χ3v) is 7.06. The molecule has 1 atom stereocenters. The molecule has 5 nitrogen and oxygen atoms in total. The number of hydrogen-bond donors (Lipinski definition) is 1. The molecule has 1 aromatic rings. The van der Waals surface area contributed by atoms with Gasteiger partial charge in [0.05, 0.1) is 5.92 Å². The van der Waals surface area contributed by atoms with Crippen LogP contribution in [0.2, 0.25) is 5.02 Å². The van der Waals surface area contributed by atoms with E-state index in [4.69, 9.17) is 11.6 Å². The monoisotopic (exact) mass is 417 g/mol. The van der Waals surface area contributed by atoms with Crippen LogP contribution >= 0.6 is 11.6 Å². The summed E-state index contributed by atoms with van der Waals surface area (Å²) in [5, 5.41) is 3.86. The van der Waals surface area contributed by atoms with Gasteiger partial charge in [-0.2, -0.15) is 0 Å². The molecule has 0 spiro atoms. The molecule has 1 saturated carbocycles. The lowest BCUT2D eigenvalue weighted by molar-refractivity contribution is -0.127. The first-order valence-corrected chi connectivity index (χ1v) is 11.5. The third kappa shape index (κ3) is 5.32. The lowest BCUT2D eigenvalue weighted by atomic mass is 9.88. The van der Waals surface area contributed by atoms with Crippen LogP contribution in [-0.2, 0) is 9.59 Å². The van der Waals surface area contributed by atoms with Gasteiger partial charge in [0.2, 0.25) is 11.8 Å². The minimum absolute atomic E-state index is 0.00905. The second-order valence-electron chi connectivity index (χ2n) is 8.97. The summed E-state index contributed by atoms with van der Waals surface area (Å²) < 4.78 is 0. The maximum absolute atomic E-state index is 12.8. The highest BCUT2D eigenvalue weighted by atomic mass is 35.5. The summed E-state index contributed by atoms with van der Waals surface area (Å²) in [4.78, 5) is 29.5. The standard InChI is InChI=1S/C23H32ClN3O2/c24-19-6-8-21(9-7-19)27-16-18(14-22(27)28)23(29)25-20-10-12-26(13-11-20)15-17-4-2-1-3-5-17/h6-9,17-18,20H,1-5,10-16H2,(H,25,29). The summed E-state index contributed by atoms with van der Waals surface area (Å²) in [6.07, 6.45) is 9.28. The predicted molar refractivity (Wildman–Crippen MR) is 116 cm³/mol. The second kappa shape index (κ2) is 9.48. The Labute approximate surface area is 178 Å². The molecule has 1 N–H and O–H groups in total. The number of halogens is 1. The first-order chi connectivity index (χ1) is 14.1. The van der Waals surface area contributed by atoms with Gasteiger partial charge in [0.15, 0.2) is 0 Å². The van der Waals surface area contributed by atoms with Crippen LogP contribution in [0.1, 0.15) is 51.4 Å². The molecule has 4 rings (SSSR count). The van der Waals surface area contributed by atoms with Crippen LogP contribution in [0.4, 0.5) is 5.69 Å². The minimum atomic E-state index is -0.265. The largest absolute Gasteiger partial charge is 0.353 e. The van der Waals surface area contributed by atoms with E-state index in [0.717, 1.165) is 37.5 Å². The zero-order valence-electron chi connectivity index (χ0n) is 17.1. The van der Waals surface area contributed by atoms with E-state index >= 15 is 0 Å². The number of nitrogens with one attached hydrogen (secondary N) is 1. The van der Waals surface area contributed by atoms with E-state index in [9.17, 15) is 9.59 Å². The van der Waals surface area contributed by atoms with E-state index in [0.29, 0.717) is 11.6 Å². The quantitative estimate of drug-likeness (QED) is 0.791. The maximum Gasteiger partial charge on any atom is 0.227 e. The Balaban J connectivity index is 1.23. The lowest BCUT2D eigenvalue weighted by Gasteiger charge is -2.35. The first-order valence-electron chi connectivity index (χ1n) is 11.2. The molecule has 1 unspecified atom stereocenters. The molecular weight excluding hydrogens is 386 g/mol. The van der Waals surface area contributed by atoms with Gasteiger partial charge in [-0.1, -0.05) is 30.9 Å². The molecule has 29 heavy (non-hydrogen) atoms. The van der Waals surface area contributed by atoms with Crippen molar-refractivity contribution in [2.75, 3.05) is 31.1 Å². The van der Waals surface area contributed by atoms with Gasteiger partial charge in [0.1, 0.15) is 0 Å². The summed E-state index contributed by atoms with van der Waals surface area (Å²) in [5.41, 5.74) is 0.811.